The van der Waals surface area contributed by atoms with Crippen LogP contribution in [-0.2, 0) is 13.0 Å². The third kappa shape index (κ3) is 2.54. The smallest absolute Gasteiger partial charge is 0.223 e. The molecule has 0 bridgehead atoms. The minimum absolute atomic E-state index is 0.347. The van der Waals surface area contributed by atoms with Crippen LogP contribution in [-0.4, -0.2) is 16.7 Å². The number of aromatic nitrogens is 2. The Bertz CT molecular complexity index is 595. The fraction of sp³-hybridized carbons (Fsp3) is 0.467. The highest BCUT2D eigenvalue weighted by molar-refractivity contribution is 5.45. The van der Waals surface area contributed by atoms with Crippen molar-refractivity contribution in [1.82, 2.24) is 15.5 Å². The summed E-state index contributed by atoms with van der Waals surface area (Å²) in [5.41, 5.74) is 2.66. The molecule has 0 spiro atoms. The second-order valence-corrected chi connectivity index (χ2v) is 4.99. The minimum Gasteiger partial charge on any atom is -0.485 e. The van der Waals surface area contributed by atoms with E-state index >= 15 is 0 Å². The van der Waals surface area contributed by atoms with Crippen LogP contribution in [0.4, 0.5) is 0 Å². The third-order valence-corrected chi connectivity index (χ3v) is 3.60. The number of nitrogens with zero attached hydrogens (tertiary/aromatic N) is 2. The van der Waals surface area contributed by atoms with Gasteiger partial charge in [-0.1, -0.05) is 24.2 Å². The quantitative estimate of drug-likeness (QED) is 0.907. The molecule has 5 heteroatoms. The van der Waals surface area contributed by atoms with Crippen LogP contribution in [0.5, 0.6) is 5.75 Å². The Morgan fingerprint density at radius 3 is 3.10 bits per heavy atom. The molecule has 1 heterocycles. The van der Waals surface area contributed by atoms with Crippen molar-refractivity contribution in [1.29, 1.82) is 0 Å². The van der Waals surface area contributed by atoms with E-state index in [1.54, 1.807) is 6.92 Å². The Balaban J connectivity index is 1.75. The summed E-state index contributed by atoms with van der Waals surface area (Å²) in [7, 11) is 0. The van der Waals surface area contributed by atoms with E-state index in [1.807, 2.05) is 12.1 Å². The van der Waals surface area contributed by atoms with Gasteiger partial charge in [0, 0.05) is 13.0 Å². The summed E-state index contributed by atoms with van der Waals surface area (Å²) in [5.74, 6) is 2.08. The van der Waals surface area contributed by atoms with E-state index in [9.17, 15) is 0 Å². The Kier molecular flexibility index (Phi) is 3.69. The normalized spacial score (nSPS) is 17.2. The van der Waals surface area contributed by atoms with Gasteiger partial charge in [-0.25, -0.2) is 0 Å². The zero-order valence-corrected chi connectivity index (χ0v) is 11.8. The molecule has 0 saturated heterocycles. The molecule has 1 aliphatic carbocycles. The topological polar surface area (TPSA) is 60.2 Å². The van der Waals surface area contributed by atoms with E-state index in [0.717, 1.165) is 25.1 Å². The fourth-order valence-electron chi connectivity index (χ4n) is 2.76. The van der Waals surface area contributed by atoms with Crippen molar-refractivity contribution in [3.8, 4) is 5.75 Å². The molecule has 1 unspecified atom stereocenters. The molecule has 0 saturated carbocycles. The summed E-state index contributed by atoms with van der Waals surface area (Å²) in [5, 5.41) is 7.36. The van der Waals surface area contributed by atoms with Gasteiger partial charge >= 0.3 is 0 Å². The SMILES string of the molecule is CCNC1CCc2c(OCc3noc(C)n3)cccc21. The Morgan fingerprint density at radius 1 is 1.45 bits per heavy atom. The molecule has 0 radical (unpaired) electrons. The Morgan fingerprint density at radius 2 is 2.35 bits per heavy atom. The molecule has 5 nitrogen and oxygen atoms in total. The summed E-state index contributed by atoms with van der Waals surface area (Å²) in [6.45, 7) is 5.24. The molecule has 1 aliphatic rings. The van der Waals surface area contributed by atoms with E-state index < -0.39 is 0 Å². The van der Waals surface area contributed by atoms with Crippen molar-refractivity contribution in [2.45, 2.75) is 39.3 Å². The second-order valence-electron chi connectivity index (χ2n) is 4.99. The monoisotopic (exact) mass is 273 g/mol. The highest BCUT2D eigenvalue weighted by Crippen LogP contribution is 2.37. The highest BCUT2D eigenvalue weighted by Gasteiger charge is 2.24. The minimum atomic E-state index is 0.347. The van der Waals surface area contributed by atoms with E-state index in [0.29, 0.717) is 24.4 Å². The number of benzene rings is 1. The van der Waals surface area contributed by atoms with Gasteiger partial charge in [-0.05, 0) is 36.6 Å². The molecule has 1 atom stereocenters. The number of nitrogens with one attached hydrogen (secondary N) is 1. The lowest BCUT2D eigenvalue weighted by atomic mass is 10.1. The van der Waals surface area contributed by atoms with E-state index in [1.165, 1.54) is 11.1 Å². The fourth-order valence-corrected chi connectivity index (χ4v) is 2.76. The van der Waals surface area contributed by atoms with Crippen molar-refractivity contribution in [2.75, 3.05) is 6.54 Å². The maximum atomic E-state index is 5.86. The van der Waals surface area contributed by atoms with Crippen molar-refractivity contribution >= 4 is 0 Å². The molecule has 2 aromatic rings. The zero-order valence-electron chi connectivity index (χ0n) is 11.8. The number of fused-ring (bicyclic) bond motifs is 1. The largest absolute Gasteiger partial charge is 0.485 e. The molecule has 1 N–H and O–H groups in total. The van der Waals surface area contributed by atoms with Gasteiger partial charge in [-0.3, -0.25) is 0 Å². The van der Waals surface area contributed by atoms with Crippen molar-refractivity contribution in [2.24, 2.45) is 0 Å². The zero-order chi connectivity index (χ0) is 13.9. The predicted molar refractivity (Wildman–Crippen MR) is 74.5 cm³/mol. The van der Waals surface area contributed by atoms with Crippen LogP contribution >= 0.6 is 0 Å². The molecule has 1 aromatic carbocycles. The van der Waals surface area contributed by atoms with Gasteiger partial charge in [0.15, 0.2) is 6.61 Å². The van der Waals surface area contributed by atoms with Crippen LogP contribution in [0, 0.1) is 6.92 Å². The Hall–Kier alpha value is -1.88. The standard InChI is InChI=1S/C15H19N3O2/c1-3-16-13-8-7-12-11(13)5-4-6-14(12)19-9-15-17-10(2)20-18-15/h4-6,13,16H,3,7-9H2,1-2H3. The molecule has 3 rings (SSSR count). The molecule has 20 heavy (non-hydrogen) atoms. The summed E-state index contributed by atoms with van der Waals surface area (Å²) < 4.78 is 10.8. The summed E-state index contributed by atoms with van der Waals surface area (Å²) in [6, 6.07) is 6.69. The summed E-state index contributed by atoms with van der Waals surface area (Å²) >= 11 is 0. The van der Waals surface area contributed by atoms with Crippen LogP contribution in [0.2, 0.25) is 0 Å². The van der Waals surface area contributed by atoms with E-state index in [-0.39, 0.29) is 0 Å². The lowest BCUT2D eigenvalue weighted by Gasteiger charge is -2.13. The van der Waals surface area contributed by atoms with Crippen LogP contribution in [0.1, 0.15) is 42.2 Å². The van der Waals surface area contributed by atoms with E-state index in [4.69, 9.17) is 9.26 Å². The van der Waals surface area contributed by atoms with Gasteiger partial charge in [0.1, 0.15) is 5.75 Å². The van der Waals surface area contributed by atoms with Gasteiger partial charge in [0.25, 0.3) is 0 Å². The first kappa shape index (κ1) is 13.1. The molecular weight excluding hydrogens is 254 g/mol. The average Bonchev–Trinajstić information content (AvgIpc) is 3.04. The summed E-state index contributed by atoms with van der Waals surface area (Å²) in [4.78, 5) is 4.15. The van der Waals surface area contributed by atoms with E-state index in [2.05, 4.69) is 28.4 Å². The molecule has 0 aliphatic heterocycles. The predicted octanol–water partition coefficient (Wildman–Crippen LogP) is 2.55. The first-order valence-electron chi connectivity index (χ1n) is 7.05. The lowest BCUT2D eigenvalue weighted by Crippen LogP contribution is -2.18. The molecule has 106 valence electrons. The summed E-state index contributed by atoms with van der Waals surface area (Å²) in [6.07, 6.45) is 2.18. The maximum absolute atomic E-state index is 5.86. The van der Waals surface area contributed by atoms with Gasteiger partial charge in [0.05, 0.1) is 0 Å². The van der Waals surface area contributed by atoms with Crippen LogP contribution in [0.25, 0.3) is 0 Å². The average molecular weight is 273 g/mol. The number of hydrogen-bond donors (Lipinski definition) is 1. The van der Waals surface area contributed by atoms with Crippen molar-refractivity contribution in [3.63, 3.8) is 0 Å². The number of hydrogen-bond acceptors (Lipinski definition) is 5. The van der Waals surface area contributed by atoms with Crippen LogP contribution < -0.4 is 10.1 Å². The number of aryl methyl sites for hydroxylation is 1. The molecule has 0 fully saturated rings. The molecule has 0 amide bonds. The van der Waals surface area contributed by atoms with Gasteiger partial charge in [-0.15, -0.1) is 0 Å². The first-order chi connectivity index (χ1) is 9.78. The van der Waals surface area contributed by atoms with Gasteiger partial charge in [0.2, 0.25) is 11.7 Å². The van der Waals surface area contributed by atoms with Crippen LogP contribution in [0.3, 0.4) is 0 Å². The number of rotatable bonds is 5. The highest BCUT2D eigenvalue weighted by atomic mass is 16.5. The molecular formula is C15H19N3O2. The second kappa shape index (κ2) is 5.63. The first-order valence-corrected chi connectivity index (χ1v) is 7.05. The van der Waals surface area contributed by atoms with Crippen LogP contribution in [0.15, 0.2) is 22.7 Å². The third-order valence-electron chi connectivity index (χ3n) is 3.60. The maximum Gasteiger partial charge on any atom is 0.223 e. The van der Waals surface area contributed by atoms with Gasteiger partial charge < -0.3 is 14.6 Å². The Labute approximate surface area is 118 Å². The van der Waals surface area contributed by atoms with Crippen molar-refractivity contribution < 1.29 is 9.26 Å². The number of ether oxygens (including phenoxy) is 1. The van der Waals surface area contributed by atoms with Crippen molar-refractivity contribution in [3.05, 3.63) is 41.0 Å². The van der Waals surface area contributed by atoms with Gasteiger partial charge in [-0.2, -0.15) is 4.98 Å². The molecule has 1 aromatic heterocycles. The lowest BCUT2D eigenvalue weighted by molar-refractivity contribution is 0.283.